The van der Waals surface area contributed by atoms with Crippen LogP contribution in [0.5, 0.6) is 0 Å². The molecule has 1 nitrogen and oxygen atoms in total. The Kier molecular flexibility index (Phi) is 3.14. The molecule has 76 valence electrons. The van der Waals surface area contributed by atoms with Crippen LogP contribution in [0.15, 0.2) is 23.1 Å². The highest BCUT2D eigenvalue weighted by molar-refractivity contribution is 7.99. The molecule has 0 atom stereocenters. The molecular weight excluding hydrogens is 190 g/mol. The summed E-state index contributed by atoms with van der Waals surface area (Å²) >= 11 is 1.90. The van der Waals surface area contributed by atoms with E-state index in [1.165, 1.54) is 28.9 Å². The topological polar surface area (TPSA) is 12.0 Å². The van der Waals surface area contributed by atoms with Crippen LogP contribution in [-0.2, 0) is 0 Å². The third-order valence-corrected chi connectivity index (χ3v) is 3.56. The lowest BCUT2D eigenvalue weighted by Crippen LogP contribution is -2.14. The van der Waals surface area contributed by atoms with Crippen molar-refractivity contribution in [1.82, 2.24) is 5.32 Å². The number of hydrogen-bond acceptors (Lipinski definition) is 2. The highest BCUT2D eigenvalue weighted by Gasteiger charge is 2.19. The van der Waals surface area contributed by atoms with Crippen LogP contribution in [0.4, 0.5) is 0 Å². The Bertz CT molecular complexity index is 318. The Morgan fingerprint density at radius 3 is 2.71 bits per heavy atom. The summed E-state index contributed by atoms with van der Waals surface area (Å²) in [4.78, 5) is 1.38. The average molecular weight is 207 g/mol. The number of benzene rings is 1. The first-order valence-corrected chi connectivity index (χ1v) is 6.18. The molecule has 1 fully saturated rings. The van der Waals surface area contributed by atoms with Gasteiger partial charge in [-0.1, -0.05) is 6.07 Å². The molecule has 1 aliphatic carbocycles. The van der Waals surface area contributed by atoms with Crippen LogP contribution < -0.4 is 5.32 Å². The number of nitrogens with one attached hydrogen (secondary N) is 1. The lowest BCUT2D eigenvalue weighted by Gasteiger charge is -2.05. The van der Waals surface area contributed by atoms with Gasteiger partial charge in [0.05, 0.1) is 0 Å². The van der Waals surface area contributed by atoms with Crippen molar-refractivity contribution < 1.29 is 0 Å². The van der Waals surface area contributed by atoms with Gasteiger partial charge in [0.15, 0.2) is 0 Å². The van der Waals surface area contributed by atoms with Gasteiger partial charge >= 0.3 is 0 Å². The molecule has 0 saturated heterocycles. The highest BCUT2D eigenvalue weighted by Crippen LogP contribution is 2.23. The minimum Gasteiger partial charge on any atom is -0.305 e. The monoisotopic (exact) mass is 207 g/mol. The summed E-state index contributed by atoms with van der Waals surface area (Å²) in [5.74, 6) is 1.05. The Morgan fingerprint density at radius 1 is 1.29 bits per heavy atom. The molecule has 1 aromatic carbocycles. The summed E-state index contributed by atoms with van der Waals surface area (Å²) in [6.07, 6.45) is 2.74. The Hall–Kier alpha value is -0.470. The van der Waals surface area contributed by atoms with Crippen LogP contribution >= 0.6 is 11.8 Å². The van der Waals surface area contributed by atoms with Gasteiger partial charge < -0.3 is 5.32 Å². The molecule has 2 heteroatoms. The summed E-state index contributed by atoms with van der Waals surface area (Å²) in [5, 5.41) is 3.50. The summed E-state index contributed by atoms with van der Waals surface area (Å²) in [5.41, 5.74) is 2.77. The lowest BCUT2D eigenvalue weighted by molar-refractivity contribution is 0.789. The number of aryl methyl sites for hydroxylation is 2. The van der Waals surface area contributed by atoms with Gasteiger partial charge in [0.2, 0.25) is 0 Å². The molecule has 0 aliphatic heterocycles. The van der Waals surface area contributed by atoms with E-state index in [2.05, 4.69) is 37.4 Å². The van der Waals surface area contributed by atoms with Gasteiger partial charge in [0.25, 0.3) is 0 Å². The van der Waals surface area contributed by atoms with Crippen LogP contribution in [0.3, 0.4) is 0 Å². The predicted octanol–water partition coefficient (Wildman–Crippen LogP) is 3.11. The van der Waals surface area contributed by atoms with Gasteiger partial charge in [-0.25, -0.2) is 0 Å². The summed E-state index contributed by atoms with van der Waals surface area (Å²) in [6.45, 7) is 4.33. The summed E-state index contributed by atoms with van der Waals surface area (Å²) in [7, 11) is 0. The zero-order valence-corrected chi connectivity index (χ0v) is 9.66. The summed E-state index contributed by atoms with van der Waals surface area (Å²) < 4.78 is 0. The predicted molar refractivity (Wildman–Crippen MR) is 62.8 cm³/mol. The first-order chi connectivity index (χ1) is 6.75. The normalized spacial score (nSPS) is 15.9. The fourth-order valence-corrected chi connectivity index (χ4v) is 2.24. The maximum Gasteiger partial charge on any atom is 0.0467 e. The SMILES string of the molecule is Cc1ccc(SCNC2CC2)cc1C. The Morgan fingerprint density at radius 2 is 2.07 bits per heavy atom. The van der Waals surface area contributed by atoms with Crippen LogP contribution in [0.2, 0.25) is 0 Å². The van der Waals surface area contributed by atoms with Gasteiger partial charge in [-0.15, -0.1) is 11.8 Å². The van der Waals surface area contributed by atoms with Crippen molar-refractivity contribution in [2.24, 2.45) is 0 Å². The van der Waals surface area contributed by atoms with Crippen LogP contribution in [-0.4, -0.2) is 11.9 Å². The fourth-order valence-electron chi connectivity index (χ4n) is 1.33. The van der Waals surface area contributed by atoms with E-state index in [1.54, 1.807) is 0 Å². The third-order valence-electron chi connectivity index (χ3n) is 2.67. The second-order valence-corrected chi connectivity index (χ2v) is 5.06. The van der Waals surface area contributed by atoms with Gasteiger partial charge in [0, 0.05) is 16.8 Å². The number of hydrogen-bond donors (Lipinski definition) is 1. The van der Waals surface area contributed by atoms with E-state index in [0.717, 1.165) is 11.9 Å². The molecule has 0 unspecified atom stereocenters. The first-order valence-electron chi connectivity index (χ1n) is 5.19. The van der Waals surface area contributed by atoms with Crippen LogP contribution in [0.25, 0.3) is 0 Å². The van der Waals surface area contributed by atoms with Crippen molar-refractivity contribution in [1.29, 1.82) is 0 Å². The molecule has 0 radical (unpaired) electrons. The zero-order chi connectivity index (χ0) is 9.97. The van der Waals surface area contributed by atoms with E-state index in [4.69, 9.17) is 0 Å². The largest absolute Gasteiger partial charge is 0.305 e. The quantitative estimate of drug-likeness (QED) is 0.601. The van der Waals surface area contributed by atoms with Crippen molar-refractivity contribution in [3.05, 3.63) is 29.3 Å². The van der Waals surface area contributed by atoms with E-state index in [0.29, 0.717) is 0 Å². The number of rotatable bonds is 4. The molecule has 1 aromatic rings. The second kappa shape index (κ2) is 4.37. The minimum atomic E-state index is 0.814. The van der Waals surface area contributed by atoms with Crippen molar-refractivity contribution in [3.63, 3.8) is 0 Å². The standard InChI is InChI=1S/C12H17NS/c1-9-3-6-12(7-10(9)2)14-8-13-11-4-5-11/h3,6-7,11,13H,4-5,8H2,1-2H3. The smallest absolute Gasteiger partial charge is 0.0467 e. The Labute approximate surface area is 90.3 Å². The zero-order valence-electron chi connectivity index (χ0n) is 8.84. The van der Waals surface area contributed by atoms with E-state index < -0.39 is 0 Å². The van der Waals surface area contributed by atoms with Crippen molar-refractivity contribution in [2.75, 3.05) is 5.88 Å². The second-order valence-electron chi connectivity index (χ2n) is 4.01. The van der Waals surface area contributed by atoms with E-state index in [-0.39, 0.29) is 0 Å². The molecule has 1 N–H and O–H groups in total. The molecule has 0 heterocycles. The van der Waals surface area contributed by atoms with Crippen molar-refractivity contribution >= 4 is 11.8 Å². The van der Waals surface area contributed by atoms with Crippen molar-refractivity contribution in [3.8, 4) is 0 Å². The fraction of sp³-hybridized carbons (Fsp3) is 0.500. The van der Waals surface area contributed by atoms with Gasteiger partial charge in [-0.2, -0.15) is 0 Å². The van der Waals surface area contributed by atoms with E-state index in [1.807, 2.05) is 11.8 Å². The molecule has 1 saturated carbocycles. The molecule has 0 spiro atoms. The molecule has 1 aliphatic rings. The van der Waals surface area contributed by atoms with Crippen LogP contribution in [0.1, 0.15) is 24.0 Å². The lowest BCUT2D eigenvalue weighted by atomic mass is 10.1. The third kappa shape index (κ3) is 2.76. The van der Waals surface area contributed by atoms with Gasteiger partial charge in [-0.05, 0) is 49.9 Å². The molecule has 0 amide bonds. The number of thioether (sulfide) groups is 1. The van der Waals surface area contributed by atoms with E-state index >= 15 is 0 Å². The molecular formula is C12H17NS. The minimum absolute atomic E-state index is 0.814. The van der Waals surface area contributed by atoms with Gasteiger partial charge in [-0.3, -0.25) is 0 Å². The first kappa shape index (κ1) is 10.1. The highest BCUT2D eigenvalue weighted by atomic mass is 32.2. The maximum atomic E-state index is 3.50. The Balaban J connectivity index is 1.85. The molecule has 14 heavy (non-hydrogen) atoms. The molecule has 0 aromatic heterocycles. The molecule has 0 bridgehead atoms. The van der Waals surface area contributed by atoms with E-state index in [9.17, 15) is 0 Å². The maximum absolute atomic E-state index is 3.50. The van der Waals surface area contributed by atoms with Gasteiger partial charge in [0.1, 0.15) is 0 Å². The molecule has 2 rings (SSSR count). The average Bonchev–Trinajstić information content (AvgIpc) is 2.95. The summed E-state index contributed by atoms with van der Waals surface area (Å²) in [6, 6.07) is 7.50. The van der Waals surface area contributed by atoms with Crippen molar-refractivity contribution in [2.45, 2.75) is 37.6 Å². The van der Waals surface area contributed by atoms with Crippen LogP contribution in [0, 0.1) is 13.8 Å².